The number of hydrogen-bond donors (Lipinski definition) is 1. The van der Waals surface area contributed by atoms with Gasteiger partial charge in [0.2, 0.25) is 0 Å². The number of ether oxygens (including phenoxy) is 1. The third kappa shape index (κ3) is 5.44. The number of benzene rings is 1. The van der Waals surface area contributed by atoms with Gasteiger partial charge in [0, 0.05) is 36.7 Å². The van der Waals surface area contributed by atoms with Gasteiger partial charge >= 0.3 is 0 Å². The molecule has 1 aromatic carbocycles. The van der Waals surface area contributed by atoms with E-state index in [1.54, 1.807) is 46.8 Å². The molecule has 10 heteroatoms. The lowest BCUT2D eigenvalue weighted by molar-refractivity contribution is -0.122. The van der Waals surface area contributed by atoms with E-state index < -0.39 is 11.9 Å². The molecular formula is C28H23ClN4O4S. The number of carbonyl (C=O) groups excluding carboxylic acids is 3. The lowest BCUT2D eigenvalue weighted by Gasteiger charge is -2.29. The fraction of sp³-hybridized carbons (Fsp3) is 0.179. The SMILES string of the molecule is COc1ccc(NC(=O)c2ccc(CN3C(=O)c4cscc4CC(=O)C3Cc3ccccn3)cc2Cl)nc1. The summed E-state index contributed by atoms with van der Waals surface area (Å²) in [6.07, 6.45) is 3.67. The number of nitrogens with zero attached hydrogens (tertiary/aromatic N) is 3. The number of thiophene rings is 1. The molecule has 4 aromatic rings. The van der Waals surface area contributed by atoms with E-state index in [0.29, 0.717) is 29.1 Å². The van der Waals surface area contributed by atoms with Crippen molar-refractivity contribution in [2.45, 2.75) is 25.4 Å². The molecule has 4 heterocycles. The Morgan fingerprint density at radius 2 is 2.03 bits per heavy atom. The van der Waals surface area contributed by atoms with Crippen LogP contribution in [0.5, 0.6) is 5.75 Å². The van der Waals surface area contributed by atoms with Gasteiger partial charge in [0.15, 0.2) is 5.78 Å². The van der Waals surface area contributed by atoms with Crippen molar-refractivity contribution in [2.75, 3.05) is 12.4 Å². The number of rotatable bonds is 7. The van der Waals surface area contributed by atoms with Gasteiger partial charge in [-0.05, 0) is 52.9 Å². The van der Waals surface area contributed by atoms with Crippen LogP contribution in [0.15, 0.2) is 71.7 Å². The average molecular weight is 547 g/mol. The van der Waals surface area contributed by atoms with Crippen molar-refractivity contribution in [1.29, 1.82) is 0 Å². The standard InChI is InChI=1S/C28H23ClN4O4S/c1-37-20-6-8-26(31-13-20)32-27(35)21-7-5-17(10-23(21)29)14-33-24(12-19-4-2-3-9-30-19)25(34)11-18-15-38-16-22(18)28(33)36/h2-10,13,15-16,24H,11-12,14H2,1H3,(H,31,32,35). The highest BCUT2D eigenvalue weighted by Gasteiger charge is 2.36. The molecule has 38 heavy (non-hydrogen) atoms. The molecule has 1 aliphatic rings. The van der Waals surface area contributed by atoms with E-state index in [4.69, 9.17) is 16.3 Å². The number of Topliss-reactive ketones (excluding diaryl/α,β-unsaturated/α-hetero) is 1. The highest BCUT2D eigenvalue weighted by Crippen LogP contribution is 2.28. The van der Waals surface area contributed by atoms with Gasteiger partial charge in [0.05, 0.1) is 35.5 Å². The molecule has 2 amide bonds. The third-order valence-electron chi connectivity index (χ3n) is 6.32. The van der Waals surface area contributed by atoms with Gasteiger partial charge < -0.3 is 15.0 Å². The lowest BCUT2D eigenvalue weighted by atomic mass is 10.0. The number of halogens is 1. The molecule has 1 aliphatic heterocycles. The summed E-state index contributed by atoms with van der Waals surface area (Å²) in [4.78, 5) is 49.8. The molecule has 0 aliphatic carbocycles. The van der Waals surface area contributed by atoms with Crippen LogP contribution in [0.1, 0.15) is 37.5 Å². The van der Waals surface area contributed by atoms with Crippen LogP contribution in [0.3, 0.4) is 0 Å². The molecule has 0 saturated carbocycles. The lowest BCUT2D eigenvalue weighted by Crippen LogP contribution is -2.45. The van der Waals surface area contributed by atoms with Crippen molar-refractivity contribution in [3.05, 3.63) is 105 Å². The van der Waals surface area contributed by atoms with Gasteiger partial charge in [-0.2, -0.15) is 11.3 Å². The predicted molar refractivity (Wildman–Crippen MR) is 145 cm³/mol. The zero-order valence-electron chi connectivity index (χ0n) is 20.4. The largest absolute Gasteiger partial charge is 0.495 e. The average Bonchev–Trinajstić information content (AvgIpc) is 3.36. The number of fused-ring (bicyclic) bond motifs is 1. The van der Waals surface area contributed by atoms with Crippen molar-refractivity contribution in [2.24, 2.45) is 0 Å². The molecule has 0 bridgehead atoms. The van der Waals surface area contributed by atoms with Crippen molar-refractivity contribution >= 4 is 46.4 Å². The van der Waals surface area contributed by atoms with Crippen LogP contribution in [-0.4, -0.2) is 45.6 Å². The first-order chi connectivity index (χ1) is 18.4. The second-order valence-electron chi connectivity index (χ2n) is 8.78. The summed E-state index contributed by atoms with van der Waals surface area (Å²) < 4.78 is 5.08. The number of methoxy groups -OCH3 is 1. The molecule has 1 N–H and O–H groups in total. The van der Waals surface area contributed by atoms with E-state index in [2.05, 4.69) is 15.3 Å². The van der Waals surface area contributed by atoms with Gasteiger partial charge in [-0.1, -0.05) is 23.7 Å². The molecule has 5 rings (SSSR count). The molecule has 192 valence electrons. The zero-order valence-corrected chi connectivity index (χ0v) is 22.0. The summed E-state index contributed by atoms with van der Waals surface area (Å²) in [5, 5.41) is 6.57. The Labute approximate surface area is 228 Å². The number of carbonyl (C=O) groups is 3. The summed E-state index contributed by atoms with van der Waals surface area (Å²) in [5.74, 6) is 0.249. The minimum absolute atomic E-state index is 0.0461. The molecule has 0 saturated heterocycles. The molecule has 0 spiro atoms. The fourth-order valence-electron chi connectivity index (χ4n) is 4.34. The molecule has 1 atom stereocenters. The minimum atomic E-state index is -0.683. The van der Waals surface area contributed by atoms with Gasteiger partial charge in [-0.25, -0.2) is 4.98 Å². The zero-order chi connectivity index (χ0) is 26.6. The number of nitrogens with one attached hydrogen (secondary N) is 1. The van der Waals surface area contributed by atoms with Crippen molar-refractivity contribution in [3.63, 3.8) is 0 Å². The highest BCUT2D eigenvalue weighted by atomic mass is 35.5. The Bertz CT molecular complexity index is 1490. The predicted octanol–water partition coefficient (Wildman–Crippen LogP) is 4.83. The first-order valence-corrected chi connectivity index (χ1v) is 13.1. The van der Waals surface area contributed by atoms with Crippen molar-refractivity contribution < 1.29 is 19.1 Å². The summed E-state index contributed by atoms with van der Waals surface area (Å²) in [6.45, 7) is 0.152. The normalized spacial score (nSPS) is 15.1. The Hall–Kier alpha value is -4.08. The Morgan fingerprint density at radius 1 is 1.16 bits per heavy atom. The van der Waals surface area contributed by atoms with E-state index in [-0.39, 0.29) is 35.2 Å². The summed E-state index contributed by atoms with van der Waals surface area (Å²) in [7, 11) is 1.53. The first-order valence-electron chi connectivity index (χ1n) is 11.8. The maximum absolute atomic E-state index is 13.6. The molecule has 0 fully saturated rings. The van der Waals surface area contributed by atoms with Gasteiger partial charge in [-0.15, -0.1) is 0 Å². The minimum Gasteiger partial charge on any atom is -0.495 e. The van der Waals surface area contributed by atoms with Crippen molar-refractivity contribution in [1.82, 2.24) is 14.9 Å². The fourth-order valence-corrected chi connectivity index (χ4v) is 5.46. The molecular weight excluding hydrogens is 524 g/mol. The third-order valence-corrected chi connectivity index (χ3v) is 7.42. The van der Waals surface area contributed by atoms with E-state index in [1.807, 2.05) is 23.6 Å². The second kappa shape index (κ2) is 11.1. The second-order valence-corrected chi connectivity index (χ2v) is 9.93. The van der Waals surface area contributed by atoms with E-state index in [0.717, 1.165) is 11.3 Å². The summed E-state index contributed by atoms with van der Waals surface area (Å²) >= 11 is 7.91. The molecule has 3 aromatic heterocycles. The van der Waals surface area contributed by atoms with E-state index in [1.165, 1.54) is 24.6 Å². The highest BCUT2D eigenvalue weighted by molar-refractivity contribution is 7.08. The number of hydrogen-bond acceptors (Lipinski definition) is 7. The smallest absolute Gasteiger partial charge is 0.258 e. The molecule has 0 radical (unpaired) electrons. The summed E-state index contributed by atoms with van der Waals surface area (Å²) in [6, 6.07) is 13.1. The maximum Gasteiger partial charge on any atom is 0.258 e. The summed E-state index contributed by atoms with van der Waals surface area (Å²) in [5.41, 5.74) is 2.97. The van der Waals surface area contributed by atoms with Crippen LogP contribution in [0, 0.1) is 0 Å². The topological polar surface area (TPSA) is 101 Å². The Morgan fingerprint density at radius 3 is 2.74 bits per heavy atom. The first kappa shape index (κ1) is 25.6. The van der Waals surface area contributed by atoms with Gasteiger partial charge in [-0.3, -0.25) is 19.4 Å². The Kier molecular flexibility index (Phi) is 7.48. The van der Waals surface area contributed by atoms with Crippen LogP contribution >= 0.6 is 22.9 Å². The number of amides is 2. The quantitative estimate of drug-likeness (QED) is 0.356. The van der Waals surface area contributed by atoms with Gasteiger partial charge in [0.25, 0.3) is 11.8 Å². The molecule has 8 nitrogen and oxygen atoms in total. The number of ketones is 1. The monoisotopic (exact) mass is 546 g/mol. The van der Waals surface area contributed by atoms with Crippen LogP contribution in [0.4, 0.5) is 5.82 Å². The van der Waals surface area contributed by atoms with Crippen LogP contribution in [0.25, 0.3) is 0 Å². The van der Waals surface area contributed by atoms with Crippen LogP contribution < -0.4 is 10.1 Å². The number of pyridine rings is 2. The van der Waals surface area contributed by atoms with E-state index >= 15 is 0 Å². The maximum atomic E-state index is 13.6. The number of anilines is 1. The van der Waals surface area contributed by atoms with Crippen LogP contribution in [-0.2, 0) is 24.2 Å². The van der Waals surface area contributed by atoms with Crippen molar-refractivity contribution in [3.8, 4) is 5.75 Å². The van der Waals surface area contributed by atoms with Gasteiger partial charge in [0.1, 0.15) is 11.6 Å². The van der Waals surface area contributed by atoms with E-state index in [9.17, 15) is 14.4 Å². The molecule has 1 unspecified atom stereocenters. The number of aromatic nitrogens is 2. The van der Waals surface area contributed by atoms with Crippen LogP contribution in [0.2, 0.25) is 5.02 Å². The Balaban J connectivity index is 1.39.